The molecule has 46 valence electrons. The van der Waals surface area contributed by atoms with Crippen LogP contribution >= 0.6 is 12.6 Å². The molecule has 1 N–H and O–H groups in total. The van der Waals surface area contributed by atoms with E-state index in [0.29, 0.717) is 6.42 Å². The van der Waals surface area contributed by atoms with Gasteiger partial charge in [0.15, 0.2) is 0 Å². The Morgan fingerprint density at radius 1 is 1.62 bits per heavy atom. The SMILES string of the molecule is C=CC[C@](O)(S)C=C. The van der Waals surface area contributed by atoms with Crippen molar-refractivity contribution in [3.8, 4) is 0 Å². The van der Waals surface area contributed by atoms with Gasteiger partial charge in [-0.25, -0.2) is 0 Å². The van der Waals surface area contributed by atoms with Crippen molar-refractivity contribution >= 4 is 12.6 Å². The molecule has 0 bridgehead atoms. The van der Waals surface area contributed by atoms with Crippen molar-refractivity contribution in [2.24, 2.45) is 0 Å². The maximum atomic E-state index is 9.00. The van der Waals surface area contributed by atoms with E-state index < -0.39 is 4.93 Å². The summed E-state index contributed by atoms with van der Waals surface area (Å²) >= 11 is 3.83. The smallest absolute Gasteiger partial charge is 0.129 e. The van der Waals surface area contributed by atoms with Crippen LogP contribution in [0.2, 0.25) is 0 Å². The molecule has 1 nitrogen and oxygen atoms in total. The van der Waals surface area contributed by atoms with Crippen molar-refractivity contribution in [2.75, 3.05) is 0 Å². The minimum atomic E-state index is -1.07. The average Bonchev–Trinajstić information content (AvgIpc) is 1.67. The first-order valence-corrected chi connectivity index (χ1v) is 2.76. The summed E-state index contributed by atoms with van der Waals surface area (Å²) in [5.74, 6) is 0. The summed E-state index contributed by atoms with van der Waals surface area (Å²) in [6.07, 6.45) is 3.39. The number of hydrogen-bond acceptors (Lipinski definition) is 2. The predicted molar refractivity (Wildman–Crippen MR) is 38.9 cm³/mol. The van der Waals surface area contributed by atoms with Gasteiger partial charge >= 0.3 is 0 Å². The van der Waals surface area contributed by atoms with Gasteiger partial charge in [-0.05, 0) is 6.08 Å². The van der Waals surface area contributed by atoms with Crippen LogP contribution in [0, 0.1) is 0 Å². The summed E-state index contributed by atoms with van der Waals surface area (Å²) in [5, 5.41) is 9.00. The lowest BCUT2D eigenvalue weighted by atomic mass is 10.2. The van der Waals surface area contributed by atoms with Crippen LogP contribution < -0.4 is 0 Å². The second-order valence-electron chi connectivity index (χ2n) is 1.58. The van der Waals surface area contributed by atoms with E-state index in [1.54, 1.807) is 6.08 Å². The van der Waals surface area contributed by atoms with Gasteiger partial charge in [0.25, 0.3) is 0 Å². The molecular formula is C6H10OS. The van der Waals surface area contributed by atoms with Crippen molar-refractivity contribution in [3.63, 3.8) is 0 Å². The largest absolute Gasteiger partial charge is 0.376 e. The van der Waals surface area contributed by atoms with Crippen LogP contribution in [0.1, 0.15) is 6.42 Å². The minimum absolute atomic E-state index is 0.430. The highest BCUT2D eigenvalue weighted by atomic mass is 32.1. The van der Waals surface area contributed by atoms with Crippen LogP contribution in [0.5, 0.6) is 0 Å². The fourth-order valence-electron chi connectivity index (χ4n) is 0.296. The molecule has 0 saturated heterocycles. The quantitative estimate of drug-likeness (QED) is 0.336. The molecule has 0 spiro atoms. The Morgan fingerprint density at radius 2 is 2.12 bits per heavy atom. The predicted octanol–water partition coefficient (Wildman–Crippen LogP) is 1.37. The second kappa shape index (κ2) is 2.95. The number of aliphatic hydroxyl groups is 1. The van der Waals surface area contributed by atoms with Crippen LogP contribution in [0.25, 0.3) is 0 Å². The average molecular weight is 130 g/mol. The van der Waals surface area contributed by atoms with E-state index in [0.717, 1.165) is 0 Å². The third kappa shape index (κ3) is 2.88. The Morgan fingerprint density at radius 3 is 2.25 bits per heavy atom. The first-order valence-electron chi connectivity index (χ1n) is 2.31. The van der Waals surface area contributed by atoms with Crippen molar-refractivity contribution < 1.29 is 5.11 Å². The summed E-state index contributed by atoms with van der Waals surface area (Å²) in [5.41, 5.74) is 0. The van der Waals surface area contributed by atoms with E-state index in [1.807, 2.05) is 0 Å². The maximum Gasteiger partial charge on any atom is 0.129 e. The fraction of sp³-hybridized carbons (Fsp3) is 0.333. The van der Waals surface area contributed by atoms with E-state index in [4.69, 9.17) is 5.11 Å². The zero-order chi connectivity index (χ0) is 6.62. The lowest BCUT2D eigenvalue weighted by molar-refractivity contribution is 0.194. The zero-order valence-corrected chi connectivity index (χ0v) is 5.56. The van der Waals surface area contributed by atoms with E-state index in [9.17, 15) is 0 Å². The van der Waals surface area contributed by atoms with E-state index >= 15 is 0 Å². The molecule has 8 heavy (non-hydrogen) atoms. The Labute approximate surface area is 55.1 Å². The Bertz CT molecular complexity index is 96.7. The standard InChI is InChI=1S/C6H10OS/c1-3-5-6(7,8)4-2/h3-4,7-8H,1-2,5H2/t6-/m1/s1. The van der Waals surface area contributed by atoms with E-state index in [1.165, 1.54) is 6.08 Å². The van der Waals surface area contributed by atoms with Crippen LogP contribution in [-0.4, -0.2) is 10.0 Å². The number of thiol groups is 1. The third-order valence-corrected chi connectivity index (χ3v) is 1.14. The van der Waals surface area contributed by atoms with Crippen LogP contribution in [0.4, 0.5) is 0 Å². The van der Waals surface area contributed by atoms with Crippen LogP contribution in [0.3, 0.4) is 0 Å². The minimum Gasteiger partial charge on any atom is -0.376 e. The van der Waals surface area contributed by atoms with E-state index in [2.05, 4.69) is 25.8 Å². The Balaban J connectivity index is 3.70. The number of hydrogen-bond donors (Lipinski definition) is 2. The Kier molecular flexibility index (Phi) is 2.87. The van der Waals surface area contributed by atoms with Crippen LogP contribution in [0.15, 0.2) is 25.3 Å². The molecule has 0 radical (unpaired) electrons. The van der Waals surface area contributed by atoms with Gasteiger partial charge in [0, 0.05) is 6.42 Å². The van der Waals surface area contributed by atoms with Gasteiger partial charge in [0.05, 0.1) is 0 Å². The zero-order valence-electron chi connectivity index (χ0n) is 4.67. The molecule has 0 aromatic rings. The molecule has 0 heterocycles. The lowest BCUT2D eigenvalue weighted by Gasteiger charge is -2.13. The van der Waals surface area contributed by atoms with Crippen molar-refractivity contribution in [2.45, 2.75) is 11.4 Å². The molecule has 0 amide bonds. The van der Waals surface area contributed by atoms with Gasteiger partial charge in [-0.2, -0.15) is 0 Å². The molecule has 0 aromatic heterocycles. The fourth-order valence-corrected chi connectivity index (χ4v) is 0.425. The highest BCUT2D eigenvalue weighted by molar-refractivity contribution is 7.81. The molecule has 0 aliphatic carbocycles. The van der Waals surface area contributed by atoms with Crippen molar-refractivity contribution in [1.82, 2.24) is 0 Å². The summed E-state index contributed by atoms with van der Waals surface area (Å²) in [7, 11) is 0. The monoisotopic (exact) mass is 130 g/mol. The summed E-state index contributed by atoms with van der Waals surface area (Å²) < 4.78 is 0. The maximum absolute atomic E-state index is 9.00. The molecule has 0 rings (SSSR count). The first-order chi connectivity index (χ1) is 3.62. The molecule has 0 fully saturated rings. The third-order valence-electron chi connectivity index (χ3n) is 0.772. The molecule has 2 heteroatoms. The van der Waals surface area contributed by atoms with Gasteiger partial charge in [-0.1, -0.05) is 12.7 Å². The van der Waals surface area contributed by atoms with Crippen molar-refractivity contribution in [3.05, 3.63) is 25.3 Å². The summed E-state index contributed by atoms with van der Waals surface area (Å²) in [6.45, 7) is 6.81. The summed E-state index contributed by atoms with van der Waals surface area (Å²) in [4.78, 5) is -1.07. The lowest BCUT2D eigenvalue weighted by Crippen LogP contribution is -2.14. The Hall–Kier alpha value is -0.210. The molecule has 0 unspecified atom stereocenters. The molecule has 0 aliphatic heterocycles. The van der Waals surface area contributed by atoms with Gasteiger partial charge in [0.1, 0.15) is 4.93 Å². The molecular weight excluding hydrogens is 120 g/mol. The highest BCUT2D eigenvalue weighted by Crippen LogP contribution is 2.15. The molecule has 1 atom stereocenters. The van der Waals surface area contributed by atoms with Gasteiger partial charge in [-0.15, -0.1) is 19.2 Å². The first kappa shape index (κ1) is 7.79. The van der Waals surface area contributed by atoms with E-state index in [-0.39, 0.29) is 0 Å². The van der Waals surface area contributed by atoms with Crippen LogP contribution in [-0.2, 0) is 0 Å². The molecule has 0 aromatic carbocycles. The normalized spacial score (nSPS) is 16.8. The number of rotatable bonds is 3. The van der Waals surface area contributed by atoms with Gasteiger partial charge in [-0.3, -0.25) is 0 Å². The van der Waals surface area contributed by atoms with Crippen molar-refractivity contribution in [1.29, 1.82) is 0 Å². The molecule has 0 saturated carbocycles. The summed E-state index contributed by atoms with van der Waals surface area (Å²) in [6, 6.07) is 0. The molecule has 0 aliphatic rings. The topological polar surface area (TPSA) is 20.2 Å². The van der Waals surface area contributed by atoms with Gasteiger partial charge < -0.3 is 5.11 Å². The second-order valence-corrected chi connectivity index (χ2v) is 2.35. The van der Waals surface area contributed by atoms with Gasteiger partial charge in [0.2, 0.25) is 0 Å². The highest BCUT2D eigenvalue weighted by Gasteiger charge is 2.12.